The summed E-state index contributed by atoms with van der Waals surface area (Å²) in [5.41, 5.74) is 2.97. The lowest BCUT2D eigenvalue weighted by molar-refractivity contribution is -0.120. The van der Waals surface area contributed by atoms with Crippen LogP contribution in [0.3, 0.4) is 0 Å². The Balaban J connectivity index is 1.83. The summed E-state index contributed by atoms with van der Waals surface area (Å²) in [6.07, 6.45) is 0. The van der Waals surface area contributed by atoms with Crippen molar-refractivity contribution in [1.82, 2.24) is 0 Å². The second kappa shape index (κ2) is 9.70. The van der Waals surface area contributed by atoms with Gasteiger partial charge >= 0.3 is 0 Å². The van der Waals surface area contributed by atoms with E-state index >= 15 is 0 Å². The molecule has 1 heterocycles. The molecule has 174 valence electrons. The molecule has 1 aliphatic heterocycles. The third-order valence-electron chi connectivity index (χ3n) is 5.46. The Morgan fingerprint density at radius 3 is 2.24 bits per heavy atom. The molecule has 4 rings (SSSR count). The maximum atomic E-state index is 13.6. The van der Waals surface area contributed by atoms with Crippen LogP contribution in [-0.4, -0.2) is 32.6 Å². The Kier molecular flexibility index (Phi) is 6.54. The van der Waals surface area contributed by atoms with Crippen molar-refractivity contribution in [3.8, 4) is 17.2 Å². The van der Waals surface area contributed by atoms with Gasteiger partial charge in [0.15, 0.2) is 0 Å². The summed E-state index contributed by atoms with van der Waals surface area (Å²) in [6, 6.07) is 19.6. The molecule has 0 unspecified atom stereocenters. The highest BCUT2D eigenvalue weighted by molar-refractivity contribution is 6.46. The van der Waals surface area contributed by atoms with Crippen molar-refractivity contribution in [3.05, 3.63) is 83.6 Å². The molecule has 7 heteroatoms. The number of nitrogens with one attached hydrogen (secondary N) is 1. The first-order valence-electron chi connectivity index (χ1n) is 10.9. The smallest absolute Gasteiger partial charge is 0.282 e. The molecule has 0 spiro atoms. The van der Waals surface area contributed by atoms with E-state index in [0.29, 0.717) is 40.8 Å². The van der Waals surface area contributed by atoms with Gasteiger partial charge in [-0.2, -0.15) is 0 Å². The van der Waals surface area contributed by atoms with E-state index in [1.165, 1.54) is 12.0 Å². The zero-order chi connectivity index (χ0) is 24.2. The number of carbonyl (C=O) groups is 2. The molecule has 0 saturated carbocycles. The number of nitrogens with zero attached hydrogens (tertiary/aromatic N) is 1. The molecule has 2 amide bonds. The molecular formula is C27H26N2O5. The standard InChI is InChI=1S/C27H26N2O5/c1-5-34-20-11-9-18(10-12-20)24-25(28-22-16-21(32-3)13-14-23(22)33-4)27(31)29(26(24)30)19-8-6-7-17(2)15-19/h6-16,28H,5H2,1-4H3. The lowest BCUT2D eigenvalue weighted by Crippen LogP contribution is -2.32. The van der Waals surface area contributed by atoms with Crippen molar-refractivity contribution in [2.75, 3.05) is 31.0 Å². The van der Waals surface area contributed by atoms with Crippen LogP contribution in [0.25, 0.3) is 5.57 Å². The molecule has 0 saturated heterocycles. The van der Waals surface area contributed by atoms with Crippen LogP contribution >= 0.6 is 0 Å². The molecule has 0 atom stereocenters. The summed E-state index contributed by atoms with van der Waals surface area (Å²) in [5, 5.41) is 3.15. The number of hydrogen-bond donors (Lipinski definition) is 1. The molecule has 0 bridgehead atoms. The van der Waals surface area contributed by atoms with Crippen molar-refractivity contribution >= 4 is 28.8 Å². The Hall–Kier alpha value is -4.26. The summed E-state index contributed by atoms with van der Waals surface area (Å²) < 4.78 is 16.3. The zero-order valence-corrected chi connectivity index (χ0v) is 19.5. The molecule has 3 aromatic carbocycles. The van der Waals surface area contributed by atoms with Crippen molar-refractivity contribution in [3.63, 3.8) is 0 Å². The average molecular weight is 459 g/mol. The minimum atomic E-state index is -0.454. The predicted molar refractivity (Wildman–Crippen MR) is 131 cm³/mol. The number of imide groups is 1. The van der Waals surface area contributed by atoms with Crippen molar-refractivity contribution in [1.29, 1.82) is 0 Å². The van der Waals surface area contributed by atoms with E-state index < -0.39 is 11.8 Å². The normalized spacial score (nSPS) is 13.4. The summed E-state index contributed by atoms with van der Waals surface area (Å²) in [7, 11) is 3.09. The number of methoxy groups -OCH3 is 2. The van der Waals surface area contributed by atoms with Crippen LogP contribution in [0.15, 0.2) is 72.4 Å². The predicted octanol–water partition coefficient (Wildman–Crippen LogP) is 4.81. The minimum absolute atomic E-state index is 0.155. The highest BCUT2D eigenvalue weighted by Gasteiger charge is 2.40. The molecule has 0 radical (unpaired) electrons. The van der Waals surface area contributed by atoms with Gasteiger partial charge in [-0.3, -0.25) is 9.59 Å². The van der Waals surface area contributed by atoms with Gasteiger partial charge in [-0.05, 0) is 61.4 Å². The van der Waals surface area contributed by atoms with E-state index in [-0.39, 0.29) is 11.3 Å². The molecule has 0 aliphatic carbocycles. The van der Waals surface area contributed by atoms with E-state index in [1.54, 1.807) is 61.7 Å². The molecule has 0 fully saturated rings. The highest BCUT2D eigenvalue weighted by Crippen LogP contribution is 2.37. The van der Waals surface area contributed by atoms with Crippen LogP contribution in [0.2, 0.25) is 0 Å². The second-order valence-corrected chi connectivity index (χ2v) is 7.68. The number of hydrogen-bond acceptors (Lipinski definition) is 6. The first kappa shape index (κ1) is 22.9. The second-order valence-electron chi connectivity index (χ2n) is 7.68. The number of aryl methyl sites for hydroxylation is 1. The van der Waals surface area contributed by atoms with E-state index in [4.69, 9.17) is 14.2 Å². The third-order valence-corrected chi connectivity index (χ3v) is 5.46. The monoisotopic (exact) mass is 458 g/mol. The molecule has 0 aromatic heterocycles. The maximum absolute atomic E-state index is 13.6. The Labute approximate surface area is 198 Å². The third kappa shape index (κ3) is 4.32. The van der Waals surface area contributed by atoms with Crippen molar-refractivity contribution in [2.24, 2.45) is 0 Å². The minimum Gasteiger partial charge on any atom is -0.497 e. The SMILES string of the molecule is CCOc1ccc(C2=C(Nc3cc(OC)ccc3OC)C(=O)N(c3cccc(C)c3)C2=O)cc1. The van der Waals surface area contributed by atoms with Crippen LogP contribution in [0, 0.1) is 6.92 Å². The van der Waals surface area contributed by atoms with E-state index in [0.717, 1.165) is 5.56 Å². The number of rotatable bonds is 8. The van der Waals surface area contributed by atoms with Gasteiger partial charge < -0.3 is 19.5 Å². The van der Waals surface area contributed by atoms with Gasteiger partial charge in [-0.25, -0.2) is 4.90 Å². The van der Waals surface area contributed by atoms with Crippen LogP contribution in [-0.2, 0) is 9.59 Å². The highest BCUT2D eigenvalue weighted by atomic mass is 16.5. The van der Waals surface area contributed by atoms with Gasteiger partial charge in [0.2, 0.25) is 0 Å². The fourth-order valence-electron chi connectivity index (χ4n) is 3.85. The van der Waals surface area contributed by atoms with Crippen LogP contribution in [0.4, 0.5) is 11.4 Å². The average Bonchev–Trinajstić information content (AvgIpc) is 3.08. The van der Waals surface area contributed by atoms with E-state index in [2.05, 4.69) is 5.32 Å². The maximum Gasteiger partial charge on any atom is 0.282 e. The van der Waals surface area contributed by atoms with Crippen LogP contribution < -0.4 is 24.4 Å². The largest absolute Gasteiger partial charge is 0.497 e. The summed E-state index contributed by atoms with van der Waals surface area (Å²) in [5.74, 6) is 0.907. The lowest BCUT2D eigenvalue weighted by atomic mass is 10.0. The molecule has 7 nitrogen and oxygen atoms in total. The van der Waals surface area contributed by atoms with Crippen LogP contribution in [0.5, 0.6) is 17.2 Å². The van der Waals surface area contributed by atoms with Gasteiger partial charge in [-0.15, -0.1) is 0 Å². The van der Waals surface area contributed by atoms with Gasteiger partial charge in [0.25, 0.3) is 11.8 Å². The first-order valence-corrected chi connectivity index (χ1v) is 10.9. The molecule has 3 aromatic rings. The lowest BCUT2D eigenvalue weighted by Gasteiger charge is -2.16. The van der Waals surface area contributed by atoms with Gasteiger partial charge in [0.05, 0.1) is 37.8 Å². The fourth-order valence-corrected chi connectivity index (χ4v) is 3.85. The number of benzene rings is 3. The number of carbonyl (C=O) groups excluding carboxylic acids is 2. The zero-order valence-electron chi connectivity index (χ0n) is 19.5. The van der Waals surface area contributed by atoms with E-state index in [9.17, 15) is 9.59 Å². The Morgan fingerprint density at radius 2 is 1.59 bits per heavy atom. The summed E-state index contributed by atoms with van der Waals surface area (Å²) >= 11 is 0. The van der Waals surface area contributed by atoms with Crippen LogP contribution in [0.1, 0.15) is 18.1 Å². The Morgan fingerprint density at radius 1 is 0.853 bits per heavy atom. The van der Waals surface area contributed by atoms with Gasteiger partial charge in [0, 0.05) is 6.07 Å². The topological polar surface area (TPSA) is 77.1 Å². The Bertz CT molecular complexity index is 1260. The molecule has 1 aliphatic rings. The van der Waals surface area contributed by atoms with Crippen molar-refractivity contribution < 1.29 is 23.8 Å². The fraction of sp³-hybridized carbons (Fsp3) is 0.185. The quantitative estimate of drug-likeness (QED) is 0.489. The van der Waals surface area contributed by atoms with E-state index in [1.807, 2.05) is 26.0 Å². The number of amides is 2. The van der Waals surface area contributed by atoms with Gasteiger partial charge in [0.1, 0.15) is 22.9 Å². The molecule has 34 heavy (non-hydrogen) atoms. The summed E-state index contributed by atoms with van der Waals surface area (Å²) in [4.78, 5) is 28.5. The van der Waals surface area contributed by atoms with Crippen molar-refractivity contribution in [2.45, 2.75) is 13.8 Å². The molecular weight excluding hydrogens is 432 g/mol. The molecule has 1 N–H and O–H groups in total. The summed E-state index contributed by atoms with van der Waals surface area (Å²) in [6.45, 7) is 4.34. The number of ether oxygens (including phenoxy) is 3. The first-order chi connectivity index (χ1) is 16.5. The number of anilines is 2. The van der Waals surface area contributed by atoms with Gasteiger partial charge in [-0.1, -0.05) is 24.3 Å².